The number of carbonyl (C=O) groups excluding carboxylic acids is 1. The first-order valence-corrected chi connectivity index (χ1v) is 6.85. The van der Waals surface area contributed by atoms with Crippen LogP contribution >= 0.6 is 23.2 Å². The summed E-state index contributed by atoms with van der Waals surface area (Å²) >= 11 is 12.1. The summed E-state index contributed by atoms with van der Waals surface area (Å²) in [6.07, 6.45) is 0.301. The molecule has 1 atom stereocenters. The Kier molecular flexibility index (Phi) is 4.62. The van der Waals surface area contributed by atoms with Crippen LogP contribution in [0.3, 0.4) is 0 Å². The first-order valence-electron chi connectivity index (χ1n) is 6.10. The maximum Gasteiger partial charge on any atom is 0.144 e. The molecular weight excluding hydrogens is 279 g/mol. The van der Waals surface area contributed by atoms with Crippen LogP contribution in [0.15, 0.2) is 48.5 Å². The van der Waals surface area contributed by atoms with Gasteiger partial charge in [-0.3, -0.25) is 4.79 Å². The number of carbonyl (C=O) groups is 1. The van der Waals surface area contributed by atoms with Crippen LogP contribution in [-0.4, -0.2) is 5.78 Å². The summed E-state index contributed by atoms with van der Waals surface area (Å²) in [5, 5.41) is 0.956. The van der Waals surface area contributed by atoms with Crippen LogP contribution in [-0.2, 0) is 11.2 Å². The number of hydrogen-bond donors (Lipinski definition) is 0. The minimum atomic E-state index is -0.142. The van der Waals surface area contributed by atoms with Crippen LogP contribution in [0.2, 0.25) is 10.0 Å². The quantitative estimate of drug-likeness (QED) is 0.783. The molecule has 0 aliphatic rings. The van der Waals surface area contributed by atoms with Gasteiger partial charge in [0.1, 0.15) is 5.78 Å². The van der Waals surface area contributed by atoms with E-state index in [0.29, 0.717) is 16.5 Å². The molecule has 0 heterocycles. The number of hydrogen-bond acceptors (Lipinski definition) is 1. The fourth-order valence-electron chi connectivity index (χ4n) is 1.95. The van der Waals surface area contributed by atoms with Crippen molar-refractivity contribution < 1.29 is 4.79 Å². The van der Waals surface area contributed by atoms with E-state index in [1.54, 1.807) is 6.07 Å². The Hall–Kier alpha value is -1.31. The second-order valence-corrected chi connectivity index (χ2v) is 5.27. The maximum atomic E-state index is 12.3. The summed E-state index contributed by atoms with van der Waals surface area (Å²) < 4.78 is 0. The minimum absolute atomic E-state index is 0.135. The monoisotopic (exact) mass is 292 g/mol. The Morgan fingerprint density at radius 1 is 1.05 bits per heavy atom. The zero-order valence-electron chi connectivity index (χ0n) is 10.6. The summed E-state index contributed by atoms with van der Waals surface area (Å²) in [6, 6.07) is 15.1. The number of rotatable bonds is 4. The van der Waals surface area contributed by atoms with Crippen molar-refractivity contribution in [1.29, 1.82) is 0 Å². The second-order valence-electron chi connectivity index (χ2n) is 4.49. The molecular formula is C16H14Cl2O. The van der Waals surface area contributed by atoms with Crippen molar-refractivity contribution in [2.24, 2.45) is 0 Å². The van der Waals surface area contributed by atoms with Crippen molar-refractivity contribution in [3.8, 4) is 0 Å². The lowest BCUT2D eigenvalue weighted by Gasteiger charge is -2.12. The van der Waals surface area contributed by atoms with Gasteiger partial charge < -0.3 is 0 Å². The first-order chi connectivity index (χ1) is 9.09. The molecule has 1 nitrogen and oxygen atoms in total. The number of halogens is 2. The smallest absolute Gasteiger partial charge is 0.144 e. The van der Waals surface area contributed by atoms with Crippen LogP contribution in [0.4, 0.5) is 0 Å². The Labute approximate surface area is 123 Å². The zero-order chi connectivity index (χ0) is 13.8. The first kappa shape index (κ1) is 14.1. The molecule has 0 saturated carbocycles. The van der Waals surface area contributed by atoms with Gasteiger partial charge in [0, 0.05) is 12.3 Å². The van der Waals surface area contributed by atoms with E-state index in [4.69, 9.17) is 23.2 Å². The van der Waals surface area contributed by atoms with Crippen molar-refractivity contribution >= 4 is 29.0 Å². The molecule has 0 N–H and O–H groups in total. The van der Waals surface area contributed by atoms with E-state index in [0.717, 1.165) is 11.1 Å². The molecule has 0 amide bonds. The van der Waals surface area contributed by atoms with Crippen molar-refractivity contribution in [2.45, 2.75) is 19.3 Å². The van der Waals surface area contributed by atoms with E-state index in [9.17, 15) is 4.79 Å². The third-order valence-electron chi connectivity index (χ3n) is 3.18. The third kappa shape index (κ3) is 3.37. The van der Waals surface area contributed by atoms with E-state index >= 15 is 0 Å². The van der Waals surface area contributed by atoms with Gasteiger partial charge >= 0.3 is 0 Å². The molecule has 1 unspecified atom stereocenters. The van der Waals surface area contributed by atoms with E-state index in [-0.39, 0.29) is 11.7 Å². The van der Waals surface area contributed by atoms with Crippen LogP contribution in [0.1, 0.15) is 24.0 Å². The van der Waals surface area contributed by atoms with Crippen LogP contribution in [0.5, 0.6) is 0 Å². The highest BCUT2D eigenvalue weighted by atomic mass is 35.5. The largest absolute Gasteiger partial charge is 0.299 e. The average Bonchev–Trinajstić information content (AvgIpc) is 2.44. The average molecular weight is 293 g/mol. The van der Waals surface area contributed by atoms with Gasteiger partial charge in [0.15, 0.2) is 0 Å². The lowest BCUT2D eigenvalue weighted by atomic mass is 9.93. The summed E-state index contributed by atoms with van der Waals surface area (Å²) in [4.78, 5) is 12.3. The van der Waals surface area contributed by atoms with Crippen LogP contribution < -0.4 is 0 Å². The predicted molar refractivity (Wildman–Crippen MR) is 80.0 cm³/mol. The highest BCUT2D eigenvalue weighted by Gasteiger charge is 2.17. The van der Waals surface area contributed by atoms with Crippen molar-refractivity contribution in [3.63, 3.8) is 0 Å². The van der Waals surface area contributed by atoms with Gasteiger partial charge in [-0.2, -0.15) is 0 Å². The topological polar surface area (TPSA) is 17.1 Å². The SMILES string of the molecule is CC(C(=O)Cc1cccc(Cl)c1Cl)c1ccccc1. The number of ketones is 1. The van der Waals surface area contributed by atoms with E-state index in [2.05, 4.69) is 0 Å². The molecule has 2 aromatic carbocycles. The Bertz CT molecular complexity index is 579. The summed E-state index contributed by atoms with van der Waals surface area (Å²) in [5.41, 5.74) is 1.80. The molecule has 19 heavy (non-hydrogen) atoms. The number of Topliss-reactive ketones (excluding diaryl/α,β-unsaturated/α-hetero) is 1. The molecule has 0 spiro atoms. The van der Waals surface area contributed by atoms with Gasteiger partial charge in [-0.15, -0.1) is 0 Å². The Balaban J connectivity index is 2.15. The van der Waals surface area contributed by atoms with Gasteiger partial charge in [-0.1, -0.05) is 72.6 Å². The normalized spacial score (nSPS) is 12.2. The minimum Gasteiger partial charge on any atom is -0.299 e. The standard InChI is InChI=1S/C16H14Cl2O/c1-11(12-6-3-2-4-7-12)15(19)10-13-8-5-9-14(17)16(13)18/h2-9,11H,10H2,1H3. The molecule has 0 bridgehead atoms. The van der Waals surface area contributed by atoms with Gasteiger partial charge in [-0.05, 0) is 17.2 Å². The summed E-state index contributed by atoms with van der Waals surface area (Å²) in [7, 11) is 0. The highest BCUT2D eigenvalue weighted by Crippen LogP contribution is 2.27. The van der Waals surface area contributed by atoms with Gasteiger partial charge in [0.2, 0.25) is 0 Å². The zero-order valence-corrected chi connectivity index (χ0v) is 12.1. The van der Waals surface area contributed by atoms with Crippen LogP contribution in [0, 0.1) is 0 Å². The third-order valence-corrected chi connectivity index (χ3v) is 4.04. The summed E-state index contributed by atoms with van der Waals surface area (Å²) in [6.45, 7) is 1.91. The summed E-state index contributed by atoms with van der Waals surface area (Å²) in [5.74, 6) is -0.00776. The molecule has 2 aromatic rings. The van der Waals surface area contributed by atoms with Gasteiger partial charge in [0.25, 0.3) is 0 Å². The van der Waals surface area contributed by atoms with E-state index < -0.39 is 0 Å². The molecule has 0 saturated heterocycles. The molecule has 0 fully saturated rings. The molecule has 0 aromatic heterocycles. The number of benzene rings is 2. The molecule has 0 aliphatic carbocycles. The fourth-order valence-corrected chi connectivity index (χ4v) is 2.34. The highest BCUT2D eigenvalue weighted by molar-refractivity contribution is 6.42. The Morgan fingerprint density at radius 2 is 1.74 bits per heavy atom. The van der Waals surface area contributed by atoms with Gasteiger partial charge in [-0.25, -0.2) is 0 Å². The second kappa shape index (κ2) is 6.23. The molecule has 2 rings (SSSR count). The van der Waals surface area contributed by atoms with Gasteiger partial charge in [0.05, 0.1) is 10.0 Å². The molecule has 0 aliphatic heterocycles. The molecule has 3 heteroatoms. The van der Waals surface area contributed by atoms with E-state index in [1.807, 2.05) is 49.4 Å². The fraction of sp³-hybridized carbons (Fsp3) is 0.188. The van der Waals surface area contributed by atoms with E-state index in [1.165, 1.54) is 0 Å². The van der Waals surface area contributed by atoms with Crippen molar-refractivity contribution in [2.75, 3.05) is 0 Å². The maximum absolute atomic E-state index is 12.3. The Morgan fingerprint density at radius 3 is 2.42 bits per heavy atom. The van der Waals surface area contributed by atoms with Crippen molar-refractivity contribution in [1.82, 2.24) is 0 Å². The van der Waals surface area contributed by atoms with Crippen LogP contribution in [0.25, 0.3) is 0 Å². The predicted octanol–water partition coefficient (Wildman–Crippen LogP) is 4.91. The molecule has 0 radical (unpaired) electrons. The van der Waals surface area contributed by atoms with Crippen molar-refractivity contribution in [3.05, 3.63) is 69.7 Å². The lowest BCUT2D eigenvalue weighted by molar-refractivity contribution is -0.119. The lowest BCUT2D eigenvalue weighted by Crippen LogP contribution is -2.12. The molecule has 98 valence electrons.